The van der Waals surface area contributed by atoms with Gasteiger partial charge in [-0.2, -0.15) is 5.10 Å². The van der Waals surface area contributed by atoms with Gasteiger partial charge in [-0.05, 0) is 74.0 Å². The lowest BCUT2D eigenvalue weighted by Gasteiger charge is -2.24. The molecule has 0 fully saturated rings. The number of benzene rings is 4. The molecule has 4 rings (SSSR count). The summed E-state index contributed by atoms with van der Waals surface area (Å²) in [5.41, 5.74) is 5.49. The summed E-state index contributed by atoms with van der Waals surface area (Å²) in [7, 11) is -1.26. The van der Waals surface area contributed by atoms with Crippen LogP contribution in [0.25, 0.3) is 0 Å². The van der Waals surface area contributed by atoms with Crippen LogP contribution in [0.4, 0.5) is 11.4 Å². The van der Waals surface area contributed by atoms with Crippen LogP contribution in [0.2, 0.25) is 5.02 Å². The first kappa shape index (κ1) is 32.1. The zero-order valence-corrected chi connectivity index (χ0v) is 26.1. The van der Waals surface area contributed by atoms with Crippen LogP contribution in [0, 0.1) is 6.92 Å². The number of anilines is 2. The molecule has 0 saturated carbocycles. The normalized spacial score (nSPS) is 11.4. The summed E-state index contributed by atoms with van der Waals surface area (Å²) in [6.45, 7) is 2.95. The molecule has 44 heavy (non-hydrogen) atoms. The summed E-state index contributed by atoms with van der Waals surface area (Å²) < 4.78 is 39.1. The number of ether oxygens (including phenoxy) is 2. The summed E-state index contributed by atoms with van der Waals surface area (Å²) >= 11 is 6.00. The van der Waals surface area contributed by atoms with E-state index in [9.17, 15) is 18.0 Å². The first-order chi connectivity index (χ1) is 21.0. The topological polar surface area (TPSA) is 126 Å². The molecule has 2 amide bonds. The predicted octanol–water partition coefficient (Wildman–Crippen LogP) is 5.65. The molecule has 0 spiro atoms. The van der Waals surface area contributed by atoms with E-state index in [1.165, 1.54) is 38.5 Å². The van der Waals surface area contributed by atoms with E-state index in [4.69, 9.17) is 21.1 Å². The molecule has 0 saturated heterocycles. The minimum atomic E-state index is -4.16. The Morgan fingerprint density at radius 3 is 2.23 bits per heavy atom. The van der Waals surface area contributed by atoms with Crippen LogP contribution >= 0.6 is 11.6 Å². The third-order valence-corrected chi connectivity index (χ3v) is 8.55. The fourth-order valence-corrected chi connectivity index (χ4v) is 5.77. The highest BCUT2D eigenvalue weighted by atomic mass is 35.5. The summed E-state index contributed by atoms with van der Waals surface area (Å²) in [5, 5.41) is 7.44. The van der Waals surface area contributed by atoms with Gasteiger partial charge >= 0.3 is 0 Å². The number of rotatable bonds is 11. The Hall–Kier alpha value is -4.87. The molecular weight excluding hydrogens is 604 g/mol. The second-order valence-corrected chi connectivity index (χ2v) is 11.9. The fraction of sp³-hybridized carbons (Fsp3) is 0.156. The van der Waals surface area contributed by atoms with E-state index >= 15 is 0 Å². The number of halogens is 1. The lowest BCUT2D eigenvalue weighted by atomic mass is 10.1. The van der Waals surface area contributed by atoms with Crippen molar-refractivity contribution in [3.8, 4) is 11.5 Å². The highest BCUT2D eigenvalue weighted by Gasteiger charge is 2.28. The number of hydrogen-bond donors (Lipinski definition) is 2. The maximum Gasteiger partial charge on any atom is 0.264 e. The number of nitrogens with one attached hydrogen (secondary N) is 2. The Kier molecular flexibility index (Phi) is 10.2. The number of sulfonamides is 1. The Balaban J connectivity index is 1.55. The lowest BCUT2D eigenvalue weighted by Crippen LogP contribution is -2.39. The number of hydrazone groups is 1. The number of aryl methyl sites for hydroxylation is 1. The maximum atomic E-state index is 13.7. The Morgan fingerprint density at radius 2 is 1.55 bits per heavy atom. The lowest BCUT2D eigenvalue weighted by molar-refractivity contribution is -0.119. The zero-order valence-electron chi connectivity index (χ0n) is 24.5. The van der Waals surface area contributed by atoms with Crippen molar-refractivity contribution in [3.05, 3.63) is 113 Å². The largest absolute Gasteiger partial charge is 0.493 e. The van der Waals surface area contributed by atoms with Crippen LogP contribution in [0.5, 0.6) is 11.5 Å². The van der Waals surface area contributed by atoms with E-state index in [1.807, 2.05) is 6.92 Å². The van der Waals surface area contributed by atoms with Gasteiger partial charge in [-0.3, -0.25) is 13.9 Å². The molecule has 228 valence electrons. The number of nitrogens with zero attached hydrogens (tertiary/aromatic N) is 2. The van der Waals surface area contributed by atoms with Gasteiger partial charge in [-0.1, -0.05) is 47.5 Å². The van der Waals surface area contributed by atoms with Gasteiger partial charge in [0.1, 0.15) is 6.54 Å². The Bertz CT molecular complexity index is 1810. The molecule has 0 aliphatic carbocycles. The summed E-state index contributed by atoms with van der Waals surface area (Å²) in [6.07, 6.45) is 0. The number of carbonyl (C=O) groups excluding carboxylic acids is 2. The van der Waals surface area contributed by atoms with Gasteiger partial charge in [-0.25, -0.2) is 13.8 Å². The highest BCUT2D eigenvalue weighted by Crippen LogP contribution is 2.33. The van der Waals surface area contributed by atoms with Crippen LogP contribution in [0.3, 0.4) is 0 Å². The standard InChI is InChI=1S/C32H31ClN4O6S/c1-21-11-14-28(15-12-21)44(40,41)37(27-13-16-29(42-3)30(19-27)43-4)20-31(38)36-35-22(2)23-7-6-10-26(18-23)34-32(39)24-8-5-9-25(33)17-24/h5-19H,20H2,1-4H3,(H,34,39)(H,36,38)/b35-22+. The molecule has 4 aromatic carbocycles. The van der Waals surface area contributed by atoms with Crippen molar-refractivity contribution >= 4 is 50.5 Å². The third-order valence-electron chi connectivity index (χ3n) is 6.52. The van der Waals surface area contributed by atoms with Crippen LogP contribution in [0.1, 0.15) is 28.4 Å². The molecule has 0 aliphatic heterocycles. The van der Waals surface area contributed by atoms with Gasteiger partial charge in [0.15, 0.2) is 11.5 Å². The number of carbonyl (C=O) groups is 2. The number of methoxy groups -OCH3 is 2. The molecule has 0 bridgehead atoms. The highest BCUT2D eigenvalue weighted by molar-refractivity contribution is 7.92. The van der Waals surface area contributed by atoms with Gasteiger partial charge in [-0.15, -0.1) is 0 Å². The van der Waals surface area contributed by atoms with E-state index in [2.05, 4.69) is 15.8 Å². The minimum absolute atomic E-state index is 0.0157. The van der Waals surface area contributed by atoms with Gasteiger partial charge in [0.25, 0.3) is 21.8 Å². The Labute approximate surface area is 261 Å². The van der Waals surface area contributed by atoms with Gasteiger partial charge in [0.2, 0.25) is 0 Å². The summed E-state index contributed by atoms with van der Waals surface area (Å²) in [4.78, 5) is 25.8. The first-order valence-corrected chi connectivity index (χ1v) is 15.2. The molecule has 4 aromatic rings. The molecule has 0 unspecified atom stereocenters. The third kappa shape index (κ3) is 7.74. The average Bonchev–Trinajstić information content (AvgIpc) is 3.02. The second kappa shape index (κ2) is 14.1. The molecule has 0 aliphatic rings. The zero-order chi connectivity index (χ0) is 31.9. The van der Waals surface area contributed by atoms with E-state index in [0.717, 1.165) is 9.87 Å². The van der Waals surface area contributed by atoms with Crippen molar-refractivity contribution in [2.24, 2.45) is 5.10 Å². The van der Waals surface area contributed by atoms with Crippen molar-refractivity contribution in [1.29, 1.82) is 0 Å². The van der Waals surface area contributed by atoms with Crippen LogP contribution in [0.15, 0.2) is 101 Å². The summed E-state index contributed by atoms with van der Waals surface area (Å²) in [6, 6.07) is 24.4. The van der Waals surface area contributed by atoms with E-state index in [0.29, 0.717) is 39.0 Å². The second-order valence-electron chi connectivity index (χ2n) is 9.64. The number of amides is 2. The van der Waals surface area contributed by atoms with Crippen LogP contribution in [-0.4, -0.2) is 46.7 Å². The minimum Gasteiger partial charge on any atom is -0.493 e. The van der Waals surface area contributed by atoms with Crippen molar-refractivity contribution in [3.63, 3.8) is 0 Å². The van der Waals surface area contributed by atoms with Gasteiger partial charge in [0, 0.05) is 22.3 Å². The quantitative estimate of drug-likeness (QED) is 0.162. The van der Waals surface area contributed by atoms with E-state index in [-0.39, 0.29) is 16.5 Å². The SMILES string of the molecule is COc1ccc(N(CC(=O)N/N=C(\C)c2cccc(NC(=O)c3cccc(Cl)c3)c2)S(=O)(=O)c2ccc(C)cc2)cc1OC. The monoisotopic (exact) mass is 634 g/mol. The van der Waals surface area contributed by atoms with E-state index < -0.39 is 22.5 Å². The van der Waals surface area contributed by atoms with Crippen molar-refractivity contribution in [2.75, 3.05) is 30.4 Å². The average molecular weight is 635 g/mol. The first-order valence-electron chi connectivity index (χ1n) is 13.3. The molecule has 0 heterocycles. The predicted molar refractivity (Wildman–Crippen MR) is 171 cm³/mol. The van der Waals surface area contributed by atoms with Gasteiger partial charge < -0.3 is 14.8 Å². The van der Waals surface area contributed by atoms with Crippen molar-refractivity contribution in [2.45, 2.75) is 18.7 Å². The van der Waals surface area contributed by atoms with Crippen molar-refractivity contribution in [1.82, 2.24) is 5.43 Å². The number of hydrogen-bond acceptors (Lipinski definition) is 7. The fourth-order valence-electron chi connectivity index (χ4n) is 4.16. The smallest absolute Gasteiger partial charge is 0.264 e. The molecule has 0 aromatic heterocycles. The molecule has 2 N–H and O–H groups in total. The molecule has 0 atom stereocenters. The van der Waals surface area contributed by atoms with E-state index in [1.54, 1.807) is 73.7 Å². The van der Waals surface area contributed by atoms with Gasteiger partial charge in [0.05, 0.1) is 30.5 Å². The summed E-state index contributed by atoms with van der Waals surface area (Å²) in [5.74, 6) is -0.317. The molecular formula is C32H31ClN4O6S. The molecule has 12 heteroatoms. The molecule has 0 radical (unpaired) electrons. The van der Waals surface area contributed by atoms with Crippen LogP contribution < -0.4 is 24.5 Å². The Morgan fingerprint density at radius 1 is 0.864 bits per heavy atom. The van der Waals surface area contributed by atoms with Crippen LogP contribution in [-0.2, 0) is 14.8 Å². The van der Waals surface area contributed by atoms with Crippen molar-refractivity contribution < 1.29 is 27.5 Å². The molecule has 10 nitrogen and oxygen atoms in total. The maximum absolute atomic E-state index is 13.7.